The highest BCUT2D eigenvalue weighted by atomic mass is 16.3. The van der Waals surface area contributed by atoms with Gasteiger partial charge >= 0.3 is 0 Å². The molecule has 2 aliphatic heterocycles. The summed E-state index contributed by atoms with van der Waals surface area (Å²) in [5.41, 5.74) is 0. The predicted octanol–water partition coefficient (Wildman–Crippen LogP) is -1.27. The van der Waals surface area contributed by atoms with Crippen LogP contribution in [-0.4, -0.2) is 73.2 Å². The first-order valence-corrected chi connectivity index (χ1v) is 6.11. The van der Waals surface area contributed by atoms with Crippen molar-refractivity contribution in [2.75, 3.05) is 52.4 Å². The van der Waals surface area contributed by atoms with Gasteiger partial charge in [-0.15, -0.1) is 0 Å². The largest absolute Gasteiger partial charge is 0.396 e. The maximum absolute atomic E-state index is 11.9. The molecule has 1 atom stereocenters. The maximum Gasteiger partial charge on any atom is 0.236 e. The maximum atomic E-state index is 11.9. The van der Waals surface area contributed by atoms with Gasteiger partial charge in [0.1, 0.15) is 0 Å². The molecule has 0 aromatic carbocycles. The predicted molar refractivity (Wildman–Crippen MR) is 61.1 cm³/mol. The van der Waals surface area contributed by atoms with Gasteiger partial charge in [-0.3, -0.25) is 9.69 Å². The molecule has 2 aliphatic rings. The van der Waals surface area contributed by atoms with Crippen LogP contribution in [0.5, 0.6) is 0 Å². The Balaban J connectivity index is 1.74. The zero-order valence-electron chi connectivity index (χ0n) is 9.69. The van der Waals surface area contributed by atoms with E-state index in [1.165, 1.54) is 0 Å². The van der Waals surface area contributed by atoms with Crippen LogP contribution in [0.4, 0.5) is 0 Å². The Hall–Kier alpha value is -0.650. The Labute approximate surface area is 96.4 Å². The second-order valence-corrected chi connectivity index (χ2v) is 4.70. The summed E-state index contributed by atoms with van der Waals surface area (Å²) in [5, 5.41) is 12.3. The van der Waals surface area contributed by atoms with Crippen LogP contribution in [0.15, 0.2) is 0 Å². The number of piperazine rings is 1. The summed E-state index contributed by atoms with van der Waals surface area (Å²) < 4.78 is 0. The molecule has 2 fully saturated rings. The molecule has 16 heavy (non-hydrogen) atoms. The number of likely N-dealkylation sites (tertiary alicyclic amines) is 1. The molecule has 92 valence electrons. The summed E-state index contributed by atoms with van der Waals surface area (Å²) in [5.74, 6) is 0.607. The standard InChI is InChI=1S/C11H21N3O2/c15-9-10-1-4-13(7-10)8-11(16)14-5-2-12-3-6-14/h10,12,15H,1-9H2. The fourth-order valence-corrected chi connectivity index (χ4v) is 2.41. The Morgan fingerprint density at radius 1 is 1.31 bits per heavy atom. The smallest absolute Gasteiger partial charge is 0.236 e. The number of nitrogens with one attached hydrogen (secondary N) is 1. The molecule has 2 rings (SSSR count). The zero-order chi connectivity index (χ0) is 11.4. The average Bonchev–Trinajstić information content (AvgIpc) is 2.78. The van der Waals surface area contributed by atoms with Crippen LogP contribution >= 0.6 is 0 Å². The minimum atomic E-state index is 0.236. The highest BCUT2D eigenvalue weighted by Crippen LogP contribution is 2.15. The number of carbonyl (C=O) groups excluding carboxylic acids is 1. The summed E-state index contributed by atoms with van der Waals surface area (Å²) in [6.07, 6.45) is 1.02. The van der Waals surface area contributed by atoms with E-state index in [-0.39, 0.29) is 12.5 Å². The molecule has 1 unspecified atom stereocenters. The number of aliphatic hydroxyl groups is 1. The molecule has 0 aromatic heterocycles. The number of carbonyl (C=O) groups is 1. The van der Waals surface area contributed by atoms with Crippen LogP contribution in [0.1, 0.15) is 6.42 Å². The number of nitrogens with zero attached hydrogens (tertiary/aromatic N) is 2. The molecule has 2 saturated heterocycles. The molecule has 1 amide bonds. The van der Waals surface area contributed by atoms with Crippen molar-refractivity contribution in [3.8, 4) is 0 Å². The first-order valence-electron chi connectivity index (χ1n) is 6.11. The highest BCUT2D eigenvalue weighted by molar-refractivity contribution is 5.78. The quantitative estimate of drug-likeness (QED) is 0.631. The molecule has 0 bridgehead atoms. The van der Waals surface area contributed by atoms with E-state index in [0.29, 0.717) is 12.5 Å². The van der Waals surface area contributed by atoms with E-state index in [1.807, 2.05) is 4.90 Å². The minimum Gasteiger partial charge on any atom is -0.396 e. The third-order valence-electron chi connectivity index (χ3n) is 3.46. The molecule has 2 N–H and O–H groups in total. The van der Waals surface area contributed by atoms with Crippen molar-refractivity contribution in [3.63, 3.8) is 0 Å². The molecule has 0 saturated carbocycles. The van der Waals surface area contributed by atoms with Gasteiger partial charge < -0.3 is 15.3 Å². The van der Waals surface area contributed by atoms with Gasteiger partial charge in [0, 0.05) is 39.3 Å². The van der Waals surface area contributed by atoms with E-state index in [9.17, 15) is 4.79 Å². The van der Waals surface area contributed by atoms with Crippen molar-refractivity contribution in [2.45, 2.75) is 6.42 Å². The molecule has 0 aromatic rings. The Kier molecular flexibility index (Phi) is 4.15. The summed E-state index contributed by atoms with van der Waals surface area (Å²) in [6.45, 7) is 6.06. The SMILES string of the molecule is O=C(CN1CCC(CO)C1)N1CCNCC1. The summed E-state index contributed by atoms with van der Waals surface area (Å²) >= 11 is 0. The molecule has 5 heteroatoms. The van der Waals surface area contributed by atoms with Gasteiger partial charge in [0.05, 0.1) is 6.54 Å². The third-order valence-corrected chi connectivity index (χ3v) is 3.46. The van der Waals surface area contributed by atoms with Gasteiger partial charge in [-0.25, -0.2) is 0 Å². The van der Waals surface area contributed by atoms with Gasteiger partial charge in [-0.05, 0) is 18.9 Å². The second kappa shape index (κ2) is 5.61. The number of hydrogen-bond donors (Lipinski definition) is 2. The lowest BCUT2D eigenvalue weighted by Gasteiger charge is -2.29. The van der Waals surface area contributed by atoms with Crippen molar-refractivity contribution in [1.82, 2.24) is 15.1 Å². The Morgan fingerprint density at radius 3 is 2.69 bits per heavy atom. The third kappa shape index (κ3) is 2.93. The topological polar surface area (TPSA) is 55.8 Å². The molecule has 0 radical (unpaired) electrons. The van der Waals surface area contributed by atoms with Crippen LogP contribution in [0.25, 0.3) is 0 Å². The van der Waals surface area contributed by atoms with Crippen LogP contribution in [-0.2, 0) is 4.79 Å². The van der Waals surface area contributed by atoms with E-state index in [0.717, 1.165) is 45.7 Å². The highest BCUT2D eigenvalue weighted by Gasteiger charge is 2.25. The minimum absolute atomic E-state index is 0.236. The van der Waals surface area contributed by atoms with E-state index in [1.54, 1.807) is 0 Å². The number of hydrogen-bond acceptors (Lipinski definition) is 4. The summed E-state index contributed by atoms with van der Waals surface area (Å²) in [7, 11) is 0. The van der Waals surface area contributed by atoms with E-state index in [4.69, 9.17) is 5.11 Å². The Bertz CT molecular complexity index is 241. The van der Waals surface area contributed by atoms with Gasteiger partial charge in [0.2, 0.25) is 5.91 Å². The fourth-order valence-electron chi connectivity index (χ4n) is 2.41. The lowest BCUT2D eigenvalue weighted by atomic mass is 10.1. The molecule has 0 aliphatic carbocycles. The summed E-state index contributed by atoms with van der Waals surface area (Å²) in [6, 6.07) is 0. The van der Waals surface area contributed by atoms with Crippen molar-refractivity contribution in [3.05, 3.63) is 0 Å². The van der Waals surface area contributed by atoms with Gasteiger partial charge in [0.15, 0.2) is 0 Å². The summed E-state index contributed by atoms with van der Waals surface area (Å²) in [4.78, 5) is 16.0. The van der Waals surface area contributed by atoms with Gasteiger partial charge in [-0.1, -0.05) is 0 Å². The normalized spacial score (nSPS) is 27.3. The molecular formula is C11H21N3O2. The van der Waals surface area contributed by atoms with Gasteiger partial charge in [-0.2, -0.15) is 0 Å². The molecule has 0 spiro atoms. The van der Waals surface area contributed by atoms with Crippen LogP contribution in [0.2, 0.25) is 0 Å². The van der Waals surface area contributed by atoms with Crippen LogP contribution in [0, 0.1) is 5.92 Å². The van der Waals surface area contributed by atoms with Crippen molar-refractivity contribution < 1.29 is 9.90 Å². The van der Waals surface area contributed by atoms with Crippen molar-refractivity contribution >= 4 is 5.91 Å². The van der Waals surface area contributed by atoms with E-state index >= 15 is 0 Å². The average molecular weight is 227 g/mol. The van der Waals surface area contributed by atoms with Crippen LogP contribution < -0.4 is 5.32 Å². The number of rotatable bonds is 3. The lowest BCUT2D eigenvalue weighted by Crippen LogP contribution is -2.49. The zero-order valence-corrected chi connectivity index (χ0v) is 9.69. The number of aliphatic hydroxyl groups excluding tert-OH is 1. The first kappa shape index (κ1) is 11.8. The first-order chi connectivity index (χ1) is 7.79. The lowest BCUT2D eigenvalue weighted by molar-refractivity contribution is -0.132. The van der Waals surface area contributed by atoms with Crippen molar-refractivity contribution in [1.29, 1.82) is 0 Å². The second-order valence-electron chi connectivity index (χ2n) is 4.70. The number of amides is 1. The van der Waals surface area contributed by atoms with E-state index in [2.05, 4.69) is 10.2 Å². The molecule has 2 heterocycles. The van der Waals surface area contributed by atoms with Crippen molar-refractivity contribution in [2.24, 2.45) is 5.92 Å². The van der Waals surface area contributed by atoms with Crippen LogP contribution in [0.3, 0.4) is 0 Å². The molecular weight excluding hydrogens is 206 g/mol. The van der Waals surface area contributed by atoms with Gasteiger partial charge in [0.25, 0.3) is 0 Å². The van der Waals surface area contributed by atoms with E-state index < -0.39 is 0 Å². The Morgan fingerprint density at radius 2 is 2.06 bits per heavy atom. The molecule has 5 nitrogen and oxygen atoms in total. The monoisotopic (exact) mass is 227 g/mol. The fraction of sp³-hybridized carbons (Fsp3) is 0.909.